The molecule has 2 aromatic carbocycles. The third-order valence-corrected chi connectivity index (χ3v) is 4.87. The normalized spacial score (nSPS) is 14.8. The van der Waals surface area contributed by atoms with Gasteiger partial charge in [-0.2, -0.15) is 0 Å². The van der Waals surface area contributed by atoms with Crippen LogP contribution in [0.3, 0.4) is 0 Å². The number of ketones is 1. The molecule has 1 aliphatic rings. The molecule has 1 fully saturated rings. The van der Waals surface area contributed by atoms with Crippen molar-refractivity contribution in [2.24, 2.45) is 0 Å². The zero-order valence-corrected chi connectivity index (χ0v) is 15.4. The zero-order chi connectivity index (χ0) is 18.6. The lowest BCUT2D eigenvalue weighted by Crippen LogP contribution is -2.37. The van der Waals surface area contributed by atoms with E-state index in [1.807, 2.05) is 61.5 Å². The molecule has 2 heterocycles. The number of benzene rings is 2. The first-order valence-corrected chi connectivity index (χ1v) is 9.23. The van der Waals surface area contributed by atoms with Gasteiger partial charge in [0, 0.05) is 29.6 Å². The molecule has 1 saturated heterocycles. The first-order valence-electron chi connectivity index (χ1n) is 9.23. The largest absolute Gasteiger partial charge is 0.378 e. The Hall–Kier alpha value is -2.98. The quantitative estimate of drug-likeness (QED) is 0.516. The van der Waals surface area contributed by atoms with Gasteiger partial charge in [-0.05, 0) is 36.8 Å². The Kier molecular flexibility index (Phi) is 4.99. The van der Waals surface area contributed by atoms with Crippen molar-refractivity contribution in [1.82, 2.24) is 4.98 Å². The summed E-state index contributed by atoms with van der Waals surface area (Å²) in [5, 5.41) is 1.07. The van der Waals surface area contributed by atoms with Crippen molar-refractivity contribution in [3.63, 3.8) is 0 Å². The molecule has 0 atom stereocenters. The second kappa shape index (κ2) is 7.72. The minimum absolute atomic E-state index is 0.00851. The highest BCUT2D eigenvalue weighted by Gasteiger charge is 2.16. The summed E-state index contributed by atoms with van der Waals surface area (Å²) in [7, 11) is 0. The smallest absolute Gasteiger partial charge is 0.186 e. The van der Waals surface area contributed by atoms with E-state index in [1.54, 1.807) is 6.08 Å². The number of pyridine rings is 1. The summed E-state index contributed by atoms with van der Waals surface area (Å²) in [5.74, 6) is 0.917. The van der Waals surface area contributed by atoms with Crippen LogP contribution in [0, 0.1) is 6.92 Å². The molecule has 0 saturated carbocycles. The Balaban J connectivity index is 1.72. The minimum Gasteiger partial charge on any atom is -0.378 e. The molecular formula is C23H22N2O2. The molecule has 0 spiro atoms. The summed E-state index contributed by atoms with van der Waals surface area (Å²) in [4.78, 5) is 19.8. The van der Waals surface area contributed by atoms with Gasteiger partial charge < -0.3 is 9.64 Å². The number of ether oxygens (including phenoxy) is 1. The number of morpholine rings is 1. The Morgan fingerprint density at radius 1 is 1.07 bits per heavy atom. The monoisotopic (exact) mass is 358 g/mol. The lowest BCUT2D eigenvalue weighted by Gasteiger charge is -2.29. The fourth-order valence-electron chi connectivity index (χ4n) is 3.38. The van der Waals surface area contributed by atoms with E-state index in [-0.39, 0.29) is 5.78 Å². The van der Waals surface area contributed by atoms with E-state index in [0.29, 0.717) is 13.2 Å². The molecule has 0 N–H and O–H groups in total. The first-order chi connectivity index (χ1) is 13.2. The van der Waals surface area contributed by atoms with Gasteiger partial charge in [0.05, 0.1) is 18.7 Å². The second-order valence-corrected chi connectivity index (χ2v) is 6.71. The number of anilines is 1. The third-order valence-electron chi connectivity index (χ3n) is 4.87. The van der Waals surface area contributed by atoms with Crippen LogP contribution in [0.25, 0.3) is 17.0 Å². The van der Waals surface area contributed by atoms with Crippen molar-refractivity contribution in [1.29, 1.82) is 0 Å². The molecule has 0 bridgehead atoms. The molecule has 1 aliphatic heterocycles. The van der Waals surface area contributed by atoms with Crippen LogP contribution in [0.4, 0.5) is 5.82 Å². The number of carbonyl (C=O) groups is 1. The number of aromatic nitrogens is 1. The lowest BCUT2D eigenvalue weighted by atomic mass is 10.0. The zero-order valence-electron chi connectivity index (χ0n) is 15.4. The van der Waals surface area contributed by atoms with E-state index in [0.717, 1.165) is 46.5 Å². The van der Waals surface area contributed by atoms with Crippen molar-refractivity contribution >= 4 is 28.6 Å². The molecule has 3 aromatic rings. The predicted molar refractivity (Wildman–Crippen MR) is 109 cm³/mol. The fraction of sp³-hybridized carbons (Fsp3) is 0.217. The fourth-order valence-corrected chi connectivity index (χ4v) is 3.38. The van der Waals surface area contributed by atoms with E-state index < -0.39 is 0 Å². The molecule has 0 aliphatic carbocycles. The van der Waals surface area contributed by atoms with Gasteiger partial charge in [-0.25, -0.2) is 4.98 Å². The Morgan fingerprint density at radius 3 is 2.63 bits per heavy atom. The summed E-state index contributed by atoms with van der Waals surface area (Å²) < 4.78 is 5.48. The van der Waals surface area contributed by atoms with Crippen LogP contribution in [0.5, 0.6) is 0 Å². The van der Waals surface area contributed by atoms with Crippen LogP contribution in [0.1, 0.15) is 21.5 Å². The summed E-state index contributed by atoms with van der Waals surface area (Å²) in [6.45, 7) is 4.95. The average molecular weight is 358 g/mol. The minimum atomic E-state index is 0.00851. The van der Waals surface area contributed by atoms with Crippen molar-refractivity contribution in [2.75, 3.05) is 31.2 Å². The van der Waals surface area contributed by atoms with Gasteiger partial charge in [-0.15, -0.1) is 0 Å². The third kappa shape index (κ3) is 3.76. The van der Waals surface area contributed by atoms with Gasteiger partial charge >= 0.3 is 0 Å². The highest BCUT2D eigenvalue weighted by atomic mass is 16.5. The number of aryl methyl sites for hydroxylation is 1. The van der Waals surface area contributed by atoms with Crippen molar-refractivity contribution < 1.29 is 9.53 Å². The van der Waals surface area contributed by atoms with E-state index in [2.05, 4.69) is 11.0 Å². The van der Waals surface area contributed by atoms with Crippen LogP contribution in [-0.2, 0) is 4.74 Å². The maximum Gasteiger partial charge on any atom is 0.186 e. The van der Waals surface area contributed by atoms with Gasteiger partial charge in [0.1, 0.15) is 5.82 Å². The topological polar surface area (TPSA) is 42.4 Å². The summed E-state index contributed by atoms with van der Waals surface area (Å²) >= 11 is 0. The Bertz CT molecular complexity index is 1000. The van der Waals surface area contributed by atoms with Gasteiger partial charge in [-0.3, -0.25) is 4.79 Å². The number of rotatable bonds is 4. The van der Waals surface area contributed by atoms with Crippen LogP contribution < -0.4 is 4.90 Å². The number of carbonyl (C=O) groups excluding carboxylic acids is 1. The van der Waals surface area contributed by atoms with Gasteiger partial charge in [0.15, 0.2) is 5.78 Å². The Labute approximate surface area is 159 Å². The number of allylic oxidation sites excluding steroid dienone is 1. The van der Waals surface area contributed by atoms with E-state index in [1.165, 1.54) is 0 Å². The molecule has 0 unspecified atom stereocenters. The van der Waals surface area contributed by atoms with E-state index >= 15 is 0 Å². The molecule has 4 rings (SSSR count). The second-order valence-electron chi connectivity index (χ2n) is 6.71. The average Bonchev–Trinajstić information content (AvgIpc) is 2.72. The van der Waals surface area contributed by atoms with Gasteiger partial charge in [-0.1, -0.05) is 42.5 Å². The molecule has 1 aromatic heterocycles. The highest BCUT2D eigenvalue weighted by Crippen LogP contribution is 2.26. The van der Waals surface area contributed by atoms with Crippen molar-refractivity contribution in [3.05, 3.63) is 77.4 Å². The van der Waals surface area contributed by atoms with Crippen molar-refractivity contribution in [2.45, 2.75) is 6.92 Å². The predicted octanol–water partition coefficient (Wildman–Crippen LogP) is 4.28. The van der Waals surface area contributed by atoms with Crippen LogP contribution in [0.2, 0.25) is 0 Å². The van der Waals surface area contributed by atoms with Crippen LogP contribution in [0.15, 0.2) is 60.7 Å². The molecule has 0 amide bonds. The van der Waals surface area contributed by atoms with Crippen LogP contribution in [-0.4, -0.2) is 37.1 Å². The number of fused-ring (bicyclic) bond motifs is 1. The maximum absolute atomic E-state index is 12.6. The lowest BCUT2D eigenvalue weighted by molar-refractivity contribution is 0.104. The SMILES string of the molecule is Cc1ccccc1C(=O)/C=C/c1cc2ccccc2nc1N1CCOCC1. The number of hydrogen-bond acceptors (Lipinski definition) is 4. The summed E-state index contributed by atoms with van der Waals surface area (Å²) in [6.07, 6.45) is 3.54. The summed E-state index contributed by atoms with van der Waals surface area (Å²) in [6, 6.07) is 17.8. The molecule has 4 nitrogen and oxygen atoms in total. The number of para-hydroxylation sites is 1. The molecule has 0 radical (unpaired) electrons. The first kappa shape index (κ1) is 17.4. The highest BCUT2D eigenvalue weighted by molar-refractivity contribution is 6.08. The maximum atomic E-state index is 12.6. The molecule has 4 heteroatoms. The van der Waals surface area contributed by atoms with E-state index in [4.69, 9.17) is 9.72 Å². The molecule has 27 heavy (non-hydrogen) atoms. The number of hydrogen-bond donors (Lipinski definition) is 0. The Morgan fingerprint density at radius 2 is 1.81 bits per heavy atom. The number of nitrogens with zero attached hydrogens (tertiary/aromatic N) is 2. The standard InChI is InChI=1S/C23H22N2O2/c1-17-6-2-4-8-20(17)22(26)11-10-19-16-18-7-3-5-9-21(18)24-23(19)25-12-14-27-15-13-25/h2-11,16H,12-15H2,1H3/b11-10+. The molecular weight excluding hydrogens is 336 g/mol. The summed E-state index contributed by atoms with van der Waals surface area (Å²) in [5.41, 5.74) is 3.63. The molecule has 136 valence electrons. The van der Waals surface area contributed by atoms with Crippen molar-refractivity contribution in [3.8, 4) is 0 Å². The van der Waals surface area contributed by atoms with Gasteiger partial charge in [0.2, 0.25) is 0 Å². The van der Waals surface area contributed by atoms with E-state index in [9.17, 15) is 4.79 Å². The van der Waals surface area contributed by atoms with Gasteiger partial charge in [0.25, 0.3) is 0 Å². The van der Waals surface area contributed by atoms with Crippen LogP contribution >= 0.6 is 0 Å².